The van der Waals surface area contributed by atoms with Gasteiger partial charge in [-0.2, -0.15) is 23.8 Å². The number of rotatable bonds is 21. The van der Waals surface area contributed by atoms with E-state index in [4.69, 9.17) is 30.9 Å². The fourth-order valence-corrected chi connectivity index (χ4v) is 9.01. The molecular weight excluding hydrogens is 1020 g/mol. The van der Waals surface area contributed by atoms with Crippen molar-refractivity contribution in [1.82, 2.24) is 0 Å². The van der Waals surface area contributed by atoms with Gasteiger partial charge in [0.2, 0.25) is 0 Å². The van der Waals surface area contributed by atoms with Crippen molar-refractivity contribution >= 4 is 112 Å². The summed E-state index contributed by atoms with van der Waals surface area (Å²) in [6.07, 6.45) is 0.685. The number of hydrogen-bond acceptors (Lipinski definition) is 24. The number of aryl methyl sites for hydroxylation is 2. The van der Waals surface area contributed by atoms with Crippen molar-refractivity contribution in [2.45, 2.75) is 39.3 Å². The van der Waals surface area contributed by atoms with Gasteiger partial charge < -0.3 is 25.9 Å². The van der Waals surface area contributed by atoms with Crippen LogP contribution in [0.5, 0.6) is 11.5 Å². The Morgan fingerprint density at radius 3 is 2.13 bits per heavy atom. The van der Waals surface area contributed by atoms with Gasteiger partial charge >= 0.3 is 0 Å². The number of aromatic hydroxyl groups is 1. The molecule has 372 valence electrons. The molecule has 6 aromatic carbocycles. The third-order valence-corrected chi connectivity index (χ3v) is 13.1. The number of methoxy groups -OCH3 is 1. The van der Waals surface area contributed by atoms with Gasteiger partial charge in [0.25, 0.3) is 20.1 Å². The first kappa shape index (κ1) is 54.7. The molecule has 25 nitrogen and oxygen atoms in total. The molecule has 0 fully saturated rings. The van der Waals surface area contributed by atoms with E-state index in [2.05, 4.69) is 54.2 Å². The van der Waals surface area contributed by atoms with E-state index in [9.17, 15) is 35.3 Å². The van der Waals surface area contributed by atoms with Gasteiger partial charge in [-0.15, -0.1) is 24.0 Å². The van der Waals surface area contributed by atoms with E-state index in [0.717, 1.165) is 11.6 Å². The maximum atomic E-state index is 12.4. The van der Waals surface area contributed by atoms with Crippen LogP contribution in [0.25, 0.3) is 10.8 Å². The lowest BCUT2D eigenvalue weighted by molar-refractivity contribution is -0.434. The highest BCUT2D eigenvalue weighted by atomic mass is 32.2. The number of fused-ring (bicyclic) bond motifs is 1. The van der Waals surface area contributed by atoms with E-state index in [0.29, 0.717) is 71.3 Å². The molecule has 10 N–H and O–H groups in total. The normalized spacial score (nSPS) is 12.4. The van der Waals surface area contributed by atoms with E-state index in [1.807, 2.05) is 6.92 Å². The molecule has 0 spiro atoms. The number of benzene rings is 6. The second kappa shape index (κ2) is 25.6. The molecule has 0 aliphatic heterocycles. The number of nitrogens with one attached hydrogen (secondary N) is 1. The maximum absolute atomic E-state index is 12.4. The van der Waals surface area contributed by atoms with Crippen molar-refractivity contribution < 1.29 is 73.4 Å². The quantitative estimate of drug-likeness (QED) is 0.00485. The molecule has 6 rings (SSSR count). The Hall–Kier alpha value is -6.23. The Balaban J connectivity index is 0.000000282. The molecular formula is C40H41N9O16S5. The van der Waals surface area contributed by atoms with Crippen LogP contribution in [0.15, 0.2) is 147 Å². The van der Waals surface area contributed by atoms with Crippen LogP contribution in [0.3, 0.4) is 0 Å². The summed E-state index contributed by atoms with van der Waals surface area (Å²) in [4.78, 5) is -0.734. The number of nitrogen functional groups attached to an aromatic ring is 2. The average molecular weight is 1060 g/mol. The molecule has 0 saturated heterocycles. The summed E-state index contributed by atoms with van der Waals surface area (Å²) in [6, 6.07) is 24.6. The largest absolute Gasteiger partial charge is 0.505 e. The molecule has 0 aliphatic carbocycles. The third kappa shape index (κ3) is 14.9. The molecule has 30 heteroatoms. The lowest BCUT2D eigenvalue weighted by Crippen LogP contribution is -2.12. The average Bonchev–Trinajstić information content (AvgIpc) is 3.32. The van der Waals surface area contributed by atoms with Crippen molar-refractivity contribution in [3.8, 4) is 11.5 Å². The van der Waals surface area contributed by atoms with Gasteiger partial charge in [0.05, 0.1) is 57.2 Å². The van der Waals surface area contributed by atoms with Gasteiger partial charge in [0.15, 0.2) is 29.2 Å². The molecule has 0 amide bonds. The number of sulfonamides is 1. The number of nitrogens with two attached hydrogens (primary N) is 2. The van der Waals surface area contributed by atoms with Crippen LogP contribution < -0.4 is 20.9 Å². The summed E-state index contributed by atoms with van der Waals surface area (Å²) in [5.74, 6) is -0.164. The Labute approximate surface area is 410 Å². The third-order valence-electron chi connectivity index (χ3n) is 9.16. The van der Waals surface area contributed by atoms with Crippen molar-refractivity contribution in [3.63, 3.8) is 0 Å². The van der Waals surface area contributed by atoms with Crippen LogP contribution in [-0.2, 0) is 60.6 Å². The molecule has 0 saturated carbocycles. The first-order chi connectivity index (χ1) is 33.4. The van der Waals surface area contributed by atoms with Gasteiger partial charge in [-0.1, -0.05) is 33.8 Å². The van der Waals surface area contributed by atoms with Crippen molar-refractivity contribution in [3.05, 3.63) is 108 Å². The molecule has 1 atom stereocenters. The first-order valence-corrected chi connectivity index (χ1v) is 24.9. The highest BCUT2D eigenvalue weighted by Gasteiger charge is 2.24. The molecule has 1 unspecified atom stereocenters. The Morgan fingerprint density at radius 1 is 0.800 bits per heavy atom. The van der Waals surface area contributed by atoms with Crippen LogP contribution in [0, 0.1) is 6.92 Å². The maximum Gasteiger partial charge on any atom is 0.296 e. The van der Waals surface area contributed by atoms with E-state index in [1.165, 1.54) is 38.4 Å². The smallest absolute Gasteiger partial charge is 0.296 e. The Kier molecular flexibility index (Phi) is 20.0. The van der Waals surface area contributed by atoms with Crippen LogP contribution in [0.2, 0.25) is 0 Å². The standard InChI is InChI=1S/C20H21N5O13S4.C20H20N4O3S/c1-22-23-13-9-15(41(29)30)11-8-14(39-37-35-27)19(20(26)17(11)18(13)21)25-24-12-5-4-10(7-16(12)42(31,32)33)3-2-6-34-40-38-36-28;1-14-3-10-18(11-4-14)28(25,26)24-17-8-6-16(7-9-17)22-23-19-12-5-15(21)13-20(19)27-2/h4-5,7-9,26-28H,2-3,6,21H2,1H3,(H,29,30)(H,31,32,33);3-13,24H,21H2,1-2H3. The van der Waals surface area contributed by atoms with Gasteiger partial charge in [-0.25, -0.2) is 23.1 Å². The number of hydrogen-bond donors (Lipinski definition) is 8. The predicted octanol–water partition coefficient (Wildman–Crippen LogP) is 10.2. The number of anilines is 3. The number of azo groups is 3. The van der Waals surface area contributed by atoms with Crippen LogP contribution >= 0.6 is 24.4 Å². The summed E-state index contributed by atoms with van der Waals surface area (Å²) in [5.41, 5.74) is 14.6. The highest BCUT2D eigenvalue weighted by molar-refractivity contribution is 7.94. The molecule has 70 heavy (non-hydrogen) atoms. The fourth-order valence-electron chi connectivity index (χ4n) is 5.98. The minimum absolute atomic E-state index is 0.0234. The van der Waals surface area contributed by atoms with Crippen LogP contribution in [0.1, 0.15) is 17.5 Å². The zero-order valence-electron chi connectivity index (χ0n) is 36.5. The fraction of sp³-hybridized carbons (Fsp3) is 0.150. The van der Waals surface area contributed by atoms with Gasteiger partial charge in [0.1, 0.15) is 33.4 Å². The molecule has 0 heterocycles. The van der Waals surface area contributed by atoms with E-state index >= 15 is 0 Å². The van der Waals surface area contributed by atoms with Crippen molar-refractivity contribution in [1.29, 1.82) is 0 Å². The summed E-state index contributed by atoms with van der Waals surface area (Å²) in [5, 5.41) is 58.1. The van der Waals surface area contributed by atoms with Gasteiger partial charge in [-0.3, -0.25) is 13.5 Å². The van der Waals surface area contributed by atoms with E-state index in [-0.39, 0.29) is 54.8 Å². The van der Waals surface area contributed by atoms with Crippen molar-refractivity contribution in [2.75, 3.05) is 37.0 Å². The minimum atomic E-state index is -4.81. The summed E-state index contributed by atoms with van der Waals surface area (Å²) < 4.78 is 102. The molecule has 0 aliphatic rings. The van der Waals surface area contributed by atoms with Crippen LogP contribution in [0.4, 0.5) is 45.5 Å². The summed E-state index contributed by atoms with van der Waals surface area (Å²) in [6.45, 7) is 2.03. The van der Waals surface area contributed by atoms with Gasteiger partial charge in [-0.05, 0) is 98.1 Å². The molecule has 0 aromatic heterocycles. The van der Waals surface area contributed by atoms with Gasteiger partial charge in [0, 0.05) is 29.9 Å². The summed E-state index contributed by atoms with van der Waals surface area (Å²) >= 11 is -1.88. The monoisotopic (exact) mass is 1060 g/mol. The highest BCUT2D eigenvalue weighted by Crippen LogP contribution is 2.49. The number of phenolic OH excluding ortho intramolecular Hbond substituents is 1. The number of phenols is 1. The lowest BCUT2D eigenvalue weighted by atomic mass is 10.0. The zero-order valence-corrected chi connectivity index (χ0v) is 40.5. The lowest BCUT2D eigenvalue weighted by Gasteiger charge is -2.14. The summed E-state index contributed by atoms with van der Waals surface area (Å²) in [7, 11) is -5.59. The zero-order chi connectivity index (χ0) is 51.0. The Morgan fingerprint density at radius 2 is 1.49 bits per heavy atom. The minimum Gasteiger partial charge on any atom is -0.505 e. The van der Waals surface area contributed by atoms with Crippen molar-refractivity contribution in [2.24, 2.45) is 30.7 Å². The van der Waals surface area contributed by atoms with E-state index in [1.54, 1.807) is 66.7 Å². The molecule has 0 radical (unpaired) electrons. The SMILES string of the molecule is CN=Nc1cc(S(=O)O)c2cc(SOOO)c(N=Nc3ccc(CCCOSOOO)cc3S(=O)(=O)O)c(O)c2c1N.COc1cc(N)ccc1N=Nc1ccc(NS(=O)(=O)c2ccc(C)cc2)cc1. The topological polar surface area (TPSA) is 380 Å². The number of ether oxygens (including phenoxy) is 1. The molecule has 0 bridgehead atoms. The van der Waals surface area contributed by atoms with E-state index < -0.39 is 41.9 Å². The molecule has 6 aromatic rings. The second-order valence-electron chi connectivity index (χ2n) is 13.8. The Bertz CT molecular complexity index is 3130. The van der Waals surface area contributed by atoms with Crippen LogP contribution in [-0.4, -0.2) is 66.5 Å². The number of nitrogens with zero attached hydrogens (tertiary/aromatic N) is 6. The first-order valence-electron chi connectivity index (χ1n) is 19.4. The predicted molar refractivity (Wildman–Crippen MR) is 257 cm³/mol. The second-order valence-corrected chi connectivity index (χ2v) is 19.0.